The van der Waals surface area contributed by atoms with Crippen molar-refractivity contribution >= 4 is 17.9 Å². The van der Waals surface area contributed by atoms with Gasteiger partial charge in [-0.1, -0.05) is 56.1 Å². The standard InChI is InChI=1S/C19H23NO/c21-18-14-10-4-2-1-3-9-13-17-19(18)15-11-7-5-6-8-12-16(15)20-17/h5-8,11-12,20H,1-4,9-10,13-14H2. The number of aromatic amines is 1. The topological polar surface area (TPSA) is 32.9 Å². The third-order valence-electron chi connectivity index (χ3n) is 4.37. The van der Waals surface area contributed by atoms with Gasteiger partial charge in [0.25, 0.3) is 0 Å². The van der Waals surface area contributed by atoms with Gasteiger partial charge in [-0.2, -0.15) is 0 Å². The molecular weight excluding hydrogens is 258 g/mol. The molecule has 2 aliphatic carbocycles. The number of rotatable bonds is 0. The summed E-state index contributed by atoms with van der Waals surface area (Å²) in [6.07, 6.45) is 21.1. The summed E-state index contributed by atoms with van der Waals surface area (Å²) >= 11 is 0. The lowest BCUT2D eigenvalue weighted by molar-refractivity contribution is 0.0978. The quantitative estimate of drug-likeness (QED) is 0.706. The molecule has 0 atom stereocenters. The Morgan fingerprint density at radius 3 is 2.24 bits per heavy atom. The number of aromatic nitrogens is 1. The van der Waals surface area contributed by atoms with E-state index in [1.807, 2.05) is 24.3 Å². The van der Waals surface area contributed by atoms with Crippen molar-refractivity contribution in [1.29, 1.82) is 0 Å². The molecule has 21 heavy (non-hydrogen) atoms. The number of Topliss-reactive ketones (excluding diaryl/α,β-unsaturated/α-hetero) is 1. The molecule has 0 aliphatic heterocycles. The van der Waals surface area contributed by atoms with Gasteiger partial charge in [0, 0.05) is 28.9 Å². The molecule has 0 amide bonds. The molecule has 0 aromatic carbocycles. The largest absolute Gasteiger partial charge is 0.358 e. The Hall–Kier alpha value is -1.83. The van der Waals surface area contributed by atoms with Crippen molar-refractivity contribution in [2.24, 2.45) is 0 Å². The van der Waals surface area contributed by atoms with Crippen molar-refractivity contribution in [2.75, 3.05) is 0 Å². The Morgan fingerprint density at radius 1 is 0.762 bits per heavy atom. The molecule has 1 N–H and O–H groups in total. The van der Waals surface area contributed by atoms with Gasteiger partial charge in [-0.25, -0.2) is 0 Å². The Morgan fingerprint density at radius 2 is 1.43 bits per heavy atom. The smallest absolute Gasteiger partial charge is 0.165 e. The van der Waals surface area contributed by atoms with Gasteiger partial charge in [0.2, 0.25) is 0 Å². The van der Waals surface area contributed by atoms with Gasteiger partial charge >= 0.3 is 0 Å². The van der Waals surface area contributed by atoms with Crippen molar-refractivity contribution in [3.8, 4) is 0 Å². The van der Waals surface area contributed by atoms with Crippen LogP contribution in [-0.4, -0.2) is 10.8 Å². The molecule has 2 nitrogen and oxygen atoms in total. The van der Waals surface area contributed by atoms with Crippen LogP contribution in [0.1, 0.15) is 72.3 Å². The van der Waals surface area contributed by atoms with Gasteiger partial charge in [-0.05, 0) is 25.3 Å². The third-order valence-corrected chi connectivity index (χ3v) is 4.37. The molecule has 0 radical (unpaired) electrons. The van der Waals surface area contributed by atoms with Crippen LogP contribution in [0, 0.1) is 0 Å². The zero-order valence-corrected chi connectivity index (χ0v) is 12.5. The fraction of sp³-hybridized carbons (Fsp3) is 0.421. The Bertz CT molecular complexity index is 601. The number of aryl methyl sites for hydroxylation is 1. The molecule has 3 rings (SSSR count). The van der Waals surface area contributed by atoms with Crippen molar-refractivity contribution in [1.82, 2.24) is 4.98 Å². The first kappa shape index (κ1) is 14.1. The van der Waals surface area contributed by atoms with E-state index in [2.05, 4.69) is 17.1 Å². The van der Waals surface area contributed by atoms with Gasteiger partial charge in [0.1, 0.15) is 0 Å². The first-order valence-corrected chi connectivity index (χ1v) is 8.16. The molecule has 0 unspecified atom stereocenters. The molecule has 1 aromatic rings. The van der Waals surface area contributed by atoms with Crippen molar-refractivity contribution in [3.63, 3.8) is 0 Å². The van der Waals surface area contributed by atoms with E-state index in [9.17, 15) is 4.79 Å². The summed E-state index contributed by atoms with van der Waals surface area (Å²) in [5, 5.41) is 0. The molecule has 110 valence electrons. The van der Waals surface area contributed by atoms with E-state index in [0.717, 1.165) is 35.4 Å². The molecule has 2 aliphatic rings. The number of H-pyrrole nitrogens is 1. The number of carbonyl (C=O) groups excluding carboxylic acids is 1. The molecule has 0 bridgehead atoms. The van der Waals surface area contributed by atoms with Crippen LogP contribution < -0.4 is 0 Å². The summed E-state index contributed by atoms with van der Waals surface area (Å²) in [4.78, 5) is 16.2. The lowest BCUT2D eigenvalue weighted by atomic mass is 9.98. The van der Waals surface area contributed by atoms with Crippen LogP contribution in [0.25, 0.3) is 12.2 Å². The number of fused-ring (bicyclic) bond motifs is 3. The van der Waals surface area contributed by atoms with Crippen LogP contribution in [0.3, 0.4) is 0 Å². The van der Waals surface area contributed by atoms with Gasteiger partial charge in [-0.15, -0.1) is 0 Å². The van der Waals surface area contributed by atoms with Crippen LogP contribution in [0.5, 0.6) is 0 Å². The normalized spacial score (nSPS) is 19.3. The van der Waals surface area contributed by atoms with Crippen LogP contribution in [0.15, 0.2) is 24.3 Å². The highest BCUT2D eigenvalue weighted by Gasteiger charge is 2.20. The number of hydrogen-bond donors (Lipinski definition) is 1. The first-order chi connectivity index (χ1) is 10.4. The van der Waals surface area contributed by atoms with Gasteiger partial charge < -0.3 is 4.98 Å². The van der Waals surface area contributed by atoms with Crippen LogP contribution in [-0.2, 0) is 6.42 Å². The van der Waals surface area contributed by atoms with E-state index in [1.165, 1.54) is 32.1 Å². The van der Waals surface area contributed by atoms with E-state index in [1.54, 1.807) is 0 Å². The third kappa shape index (κ3) is 3.26. The van der Waals surface area contributed by atoms with Crippen molar-refractivity contribution in [2.45, 2.75) is 51.4 Å². The van der Waals surface area contributed by atoms with Crippen LogP contribution in [0.2, 0.25) is 0 Å². The predicted octanol–water partition coefficient (Wildman–Crippen LogP) is 5.08. The SMILES string of the molecule is O=C1CCCCCCCCc2[nH]c3c(c21)C=CC=CC=C3. The number of nitrogens with one attached hydrogen (secondary N) is 1. The van der Waals surface area contributed by atoms with E-state index < -0.39 is 0 Å². The second-order valence-corrected chi connectivity index (χ2v) is 5.95. The minimum Gasteiger partial charge on any atom is -0.358 e. The molecular formula is C19H23NO. The average Bonchev–Trinajstić information content (AvgIpc) is 2.76. The van der Waals surface area contributed by atoms with E-state index in [0.29, 0.717) is 12.2 Å². The summed E-state index contributed by atoms with van der Waals surface area (Å²) in [7, 11) is 0. The minimum absolute atomic E-state index is 0.312. The molecule has 0 fully saturated rings. The summed E-state index contributed by atoms with van der Waals surface area (Å²) in [5.74, 6) is 0.312. The fourth-order valence-corrected chi connectivity index (χ4v) is 3.25. The summed E-state index contributed by atoms with van der Waals surface area (Å²) < 4.78 is 0. The zero-order valence-electron chi connectivity index (χ0n) is 12.5. The van der Waals surface area contributed by atoms with Gasteiger partial charge in [-0.3, -0.25) is 4.79 Å². The number of hydrogen-bond acceptors (Lipinski definition) is 1. The van der Waals surface area contributed by atoms with Crippen LogP contribution in [0.4, 0.5) is 0 Å². The van der Waals surface area contributed by atoms with E-state index >= 15 is 0 Å². The molecule has 2 heteroatoms. The van der Waals surface area contributed by atoms with Crippen molar-refractivity contribution in [3.05, 3.63) is 46.8 Å². The Balaban J connectivity index is 2.01. The number of allylic oxidation sites excluding steroid dienone is 4. The molecule has 1 aromatic heterocycles. The number of ketones is 1. The second-order valence-electron chi connectivity index (χ2n) is 5.95. The highest BCUT2D eigenvalue weighted by molar-refractivity contribution is 6.02. The van der Waals surface area contributed by atoms with Crippen LogP contribution >= 0.6 is 0 Å². The number of carbonyl (C=O) groups is 1. The highest BCUT2D eigenvalue weighted by Crippen LogP contribution is 2.27. The molecule has 0 saturated heterocycles. The maximum atomic E-state index is 12.7. The Labute approximate surface area is 126 Å². The fourth-order valence-electron chi connectivity index (χ4n) is 3.25. The second kappa shape index (κ2) is 6.75. The summed E-state index contributed by atoms with van der Waals surface area (Å²) in [6.45, 7) is 0. The molecule has 1 heterocycles. The molecule has 0 spiro atoms. The summed E-state index contributed by atoms with van der Waals surface area (Å²) in [6, 6.07) is 0. The highest BCUT2D eigenvalue weighted by atomic mass is 16.1. The lowest BCUT2D eigenvalue weighted by Gasteiger charge is -2.04. The minimum atomic E-state index is 0.312. The lowest BCUT2D eigenvalue weighted by Crippen LogP contribution is -2.03. The zero-order chi connectivity index (χ0) is 14.5. The predicted molar refractivity (Wildman–Crippen MR) is 88.4 cm³/mol. The maximum absolute atomic E-state index is 12.7. The molecule has 0 saturated carbocycles. The Kier molecular flexibility index (Phi) is 4.54. The summed E-state index contributed by atoms with van der Waals surface area (Å²) in [5.41, 5.74) is 4.24. The van der Waals surface area contributed by atoms with E-state index in [4.69, 9.17) is 0 Å². The average molecular weight is 281 g/mol. The first-order valence-electron chi connectivity index (χ1n) is 8.16. The van der Waals surface area contributed by atoms with Gasteiger partial charge in [0.05, 0.1) is 0 Å². The maximum Gasteiger partial charge on any atom is 0.165 e. The van der Waals surface area contributed by atoms with Gasteiger partial charge in [0.15, 0.2) is 5.78 Å². The monoisotopic (exact) mass is 281 g/mol. The van der Waals surface area contributed by atoms with Crippen molar-refractivity contribution < 1.29 is 4.79 Å². The van der Waals surface area contributed by atoms with E-state index in [-0.39, 0.29) is 0 Å².